The Kier molecular flexibility index (Phi) is 6.39. The van der Waals surface area contributed by atoms with Crippen molar-refractivity contribution in [2.75, 3.05) is 4.90 Å². The number of rotatable bonds is 5. The first-order valence-electron chi connectivity index (χ1n) is 16.6. The average Bonchev–Trinajstić information content (AvgIpc) is 3.74. The highest BCUT2D eigenvalue weighted by molar-refractivity contribution is 7.25. The second-order valence-corrected chi connectivity index (χ2v) is 13.6. The molecular weight excluding hydrogens is 615 g/mol. The fraction of sp³-hybridized carbons (Fsp3) is 0. The van der Waals surface area contributed by atoms with Gasteiger partial charge in [0.25, 0.3) is 0 Å². The number of nitrogens with zero attached hydrogens (tertiary/aromatic N) is 1. The van der Waals surface area contributed by atoms with Gasteiger partial charge < -0.3 is 9.32 Å². The quantitative estimate of drug-likeness (QED) is 0.186. The van der Waals surface area contributed by atoms with E-state index in [0.717, 1.165) is 44.6 Å². The third-order valence-corrected chi connectivity index (χ3v) is 10.8. The fourth-order valence-electron chi connectivity index (χ4n) is 7.30. The van der Waals surface area contributed by atoms with Crippen molar-refractivity contribution in [2.24, 2.45) is 0 Å². The van der Waals surface area contributed by atoms with Crippen molar-refractivity contribution in [3.63, 3.8) is 0 Å². The maximum absolute atomic E-state index is 6.78. The Hall–Kier alpha value is -6.16. The Balaban J connectivity index is 1.16. The first kappa shape index (κ1) is 27.9. The Labute approximate surface area is 287 Å². The van der Waals surface area contributed by atoms with Crippen LogP contribution in [0.5, 0.6) is 0 Å². The highest BCUT2D eigenvalue weighted by atomic mass is 32.1. The van der Waals surface area contributed by atoms with Crippen LogP contribution < -0.4 is 4.90 Å². The minimum absolute atomic E-state index is 0.870. The van der Waals surface area contributed by atoms with Gasteiger partial charge in [-0.1, -0.05) is 127 Å². The van der Waals surface area contributed by atoms with Gasteiger partial charge in [-0.05, 0) is 81.6 Å². The number of fused-ring (bicyclic) bond motifs is 7. The van der Waals surface area contributed by atoms with E-state index >= 15 is 0 Å². The molecule has 49 heavy (non-hydrogen) atoms. The van der Waals surface area contributed by atoms with Gasteiger partial charge >= 0.3 is 0 Å². The maximum Gasteiger partial charge on any atom is 0.160 e. The zero-order valence-electron chi connectivity index (χ0n) is 26.5. The molecule has 0 aliphatic rings. The van der Waals surface area contributed by atoms with Crippen LogP contribution in [0.25, 0.3) is 75.1 Å². The SMILES string of the molecule is c1ccc(-c2ccc(N(c3ccc(-c4ccc5c(c4)sc4ccccc45)cc3)c3ccc4ccccc4c3)c3oc4ccccc4c23)cc1. The number of hydrogen-bond acceptors (Lipinski definition) is 3. The van der Waals surface area contributed by atoms with E-state index in [1.807, 2.05) is 17.4 Å². The molecule has 0 amide bonds. The van der Waals surface area contributed by atoms with Crippen LogP contribution in [0.15, 0.2) is 180 Å². The minimum Gasteiger partial charge on any atom is -0.454 e. The van der Waals surface area contributed by atoms with E-state index in [2.05, 4.69) is 175 Å². The smallest absolute Gasteiger partial charge is 0.160 e. The molecule has 0 saturated heterocycles. The van der Waals surface area contributed by atoms with Crippen molar-refractivity contribution < 1.29 is 4.42 Å². The normalized spacial score (nSPS) is 11.7. The Bertz CT molecular complexity index is 2830. The van der Waals surface area contributed by atoms with Crippen LogP contribution >= 0.6 is 11.3 Å². The monoisotopic (exact) mass is 643 g/mol. The number of para-hydroxylation sites is 1. The molecule has 0 bridgehead atoms. The molecule has 10 rings (SSSR count). The van der Waals surface area contributed by atoms with Gasteiger partial charge in [-0.2, -0.15) is 0 Å². The molecule has 0 N–H and O–H groups in total. The van der Waals surface area contributed by atoms with Crippen LogP contribution in [0, 0.1) is 0 Å². The van der Waals surface area contributed by atoms with Crippen LogP contribution in [0.1, 0.15) is 0 Å². The lowest BCUT2D eigenvalue weighted by Gasteiger charge is -2.26. The molecule has 0 aliphatic heterocycles. The Morgan fingerprint density at radius 3 is 2.00 bits per heavy atom. The van der Waals surface area contributed by atoms with Crippen LogP contribution in [0.3, 0.4) is 0 Å². The van der Waals surface area contributed by atoms with Crippen molar-refractivity contribution in [3.8, 4) is 22.3 Å². The van der Waals surface area contributed by atoms with Crippen LogP contribution in [-0.4, -0.2) is 0 Å². The highest BCUT2D eigenvalue weighted by Gasteiger charge is 2.22. The topological polar surface area (TPSA) is 16.4 Å². The van der Waals surface area contributed by atoms with E-state index in [-0.39, 0.29) is 0 Å². The zero-order chi connectivity index (χ0) is 32.3. The predicted molar refractivity (Wildman–Crippen MR) is 210 cm³/mol. The van der Waals surface area contributed by atoms with Crippen molar-refractivity contribution >= 4 is 81.3 Å². The molecule has 0 radical (unpaired) electrons. The largest absolute Gasteiger partial charge is 0.454 e. The van der Waals surface area contributed by atoms with E-state index in [1.54, 1.807) is 0 Å². The lowest BCUT2D eigenvalue weighted by molar-refractivity contribution is 0.669. The molecule has 2 heterocycles. The molecule has 0 fully saturated rings. The molecule has 3 heteroatoms. The lowest BCUT2D eigenvalue weighted by Crippen LogP contribution is -2.10. The van der Waals surface area contributed by atoms with Gasteiger partial charge in [0, 0.05) is 42.3 Å². The van der Waals surface area contributed by atoms with Gasteiger partial charge in [-0.3, -0.25) is 0 Å². The van der Waals surface area contributed by atoms with E-state index in [0.29, 0.717) is 0 Å². The Morgan fingerprint density at radius 1 is 0.429 bits per heavy atom. The van der Waals surface area contributed by atoms with Gasteiger partial charge in [-0.25, -0.2) is 0 Å². The molecule has 230 valence electrons. The van der Waals surface area contributed by atoms with Crippen LogP contribution in [0.2, 0.25) is 0 Å². The van der Waals surface area contributed by atoms with Crippen molar-refractivity contribution in [2.45, 2.75) is 0 Å². The molecule has 2 aromatic heterocycles. The summed E-state index contributed by atoms with van der Waals surface area (Å²) in [5, 5.41) is 7.29. The van der Waals surface area contributed by atoms with E-state index in [9.17, 15) is 0 Å². The summed E-state index contributed by atoms with van der Waals surface area (Å²) < 4.78 is 9.41. The average molecular weight is 644 g/mol. The number of benzene rings is 8. The van der Waals surface area contributed by atoms with Gasteiger partial charge in [0.2, 0.25) is 0 Å². The lowest BCUT2D eigenvalue weighted by atomic mass is 9.98. The van der Waals surface area contributed by atoms with E-state index in [4.69, 9.17) is 4.42 Å². The summed E-state index contributed by atoms with van der Waals surface area (Å²) in [5.41, 5.74) is 9.63. The summed E-state index contributed by atoms with van der Waals surface area (Å²) >= 11 is 1.86. The van der Waals surface area contributed by atoms with Gasteiger partial charge in [-0.15, -0.1) is 11.3 Å². The molecular formula is C46H29NOS. The first-order valence-corrected chi connectivity index (χ1v) is 17.4. The van der Waals surface area contributed by atoms with Gasteiger partial charge in [0.15, 0.2) is 5.58 Å². The molecule has 10 aromatic rings. The third-order valence-electron chi connectivity index (χ3n) is 9.66. The fourth-order valence-corrected chi connectivity index (χ4v) is 8.45. The molecule has 0 unspecified atom stereocenters. The summed E-state index contributed by atoms with van der Waals surface area (Å²) in [7, 11) is 0. The molecule has 0 saturated carbocycles. The van der Waals surface area contributed by atoms with Crippen molar-refractivity contribution in [1.82, 2.24) is 0 Å². The summed E-state index contributed by atoms with van der Waals surface area (Å²) in [5.74, 6) is 0. The summed E-state index contributed by atoms with van der Waals surface area (Å²) in [6.45, 7) is 0. The molecule has 2 nitrogen and oxygen atoms in total. The third kappa shape index (κ3) is 4.62. The number of hydrogen-bond donors (Lipinski definition) is 0. The number of anilines is 3. The van der Waals surface area contributed by atoms with Gasteiger partial charge in [0.1, 0.15) is 5.58 Å². The summed E-state index contributed by atoms with van der Waals surface area (Å²) in [6.07, 6.45) is 0. The van der Waals surface area contributed by atoms with Crippen LogP contribution in [-0.2, 0) is 0 Å². The molecule has 8 aromatic carbocycles. The molecule has 0 atom stereocenters. The van der Waals surface area contributed by atoms with E-state index in [1.165, 1.54) is 47.6 Å². The van der Waals surface area contributed by atoms with Crippen LogP contribution in [0.4, 0.5) is 17.1 Å². The van der Waals surface area contributed by atoms with E-state index < -0.39 is 0 Å². The zero-order valence-corrected chi connectivity index (χ0v) is 27.3. The number of furan rings is 1. The minimum atomic E-state index is 0.870. The second kappa shape index (κ2) is 11.2. The van der Waals surface area contributed by atoms with Crippen molar-refractivity contribution in [3.05, 3.63) is 176 Å². The first-order chi connectivity index (χ1) is 24.3. The highest BCUT2D eigenvalue weighted by Crippen LogP contribution is 2.46. The Morgan fingerprint density at radius 2 is 1.12 bits per heavy atom. The maximum atomic E-state index is 6.78. The summed E-state index contributed by atoms with van der Waals surface area (Å²) in [6, 6.07) is 63.1. The molecule has 0 spiro atoms. The second-order valence-electron chi connectivity index (χ2n) is 12.5. The number of thiophene rings is 1. The van der Waals surface area contributed by atoms with Gasteiger partial charge in [0.05, 0.1) is 5.69 Å². The van der Waals surface area contributed by atoms with Crippen molar-refractivity contribution in [1.29, 1.82) is 0 Å². The molecule has 0 aliphatic carbocycles. The predicted octanol–water partition coefficient (Wildman–Crippen LogP) is 13.9. The standard InChI is InChI=1S/C46H29NOS/c1-2-11-32(12-3-1)37-26-27-41(46-45(37)40-15-6-8-16-42(40)48-46)47(36-24-20-30-10-4-5-13-33(30)28-36)35-22-18-31(19-23-35)34-21-25-39-38-14-7-9-17-43(38)49-44(39)29-34/h1-29H. The summed E-state index contributed by atoms with van der Waals surface area (Å²) in [4.78, 5) is 2.34.